The topological polar surface area (TPSA) is 87.7 Å². The highest BCUT2D eigenvalue weighted by Crippen LogP contribution is 2.28. The summed E-state index contributed by atoms with van der Waals surface area (Å²) in [6.07, 6.45) is 7.04. The summed E-state index contributed by atoms with van der Waals surface area (Å²) in [7, 11) is 0. The van der Waals surface area contributed by atoms with E-state index in [0.29, 0.717) is 12.1 Å². The highest BCUT2D eigenvalue weighted by atomic mass is 16.6. The molecule has 2 atom stereocenters. The molecule has 37 heavy (non-hydrogen) atoms. The van der Waals surface area contributed by atoms with E-state index in [2.05, 4.69) is 16.7 Å². The van der Waals surface area contributed by atoms with Crippen LogP contribution >= 0.6 is 0 Å². The van der Waals surface area contributed by atoms with Crippen molar-refractivity contribution in [2.75, 3.05) is 6.54 Å². The van der Waals surface area contributed by atoms with Crippen molar-refractivity contribution in [3.05, 3.63) is 70.8 Å². The van der Waals surface area contributed by atoms with E-state index >= 15 is 0 Å². The molecule has 0 radical (unpaired) electrons. The van der Waals surface area contributed by atoms with Crippen molar-refractivity contribution >= 4 is 17.9 Å². The molecule has 2 aromatic rings. The Morgan fingerprint density at radius 3 is 2.19 bits per heavy atom. The zero-order valence-electron chi connectivity index (χ0n) is 22.8. The quantitative estimate of drug-likeness (QED) is 0.275. The van der Waals surface area contributed by atoms with Gasteiger partial charge in [0.25, 0.3) is 5.91 Å². The van der Waals surface area contributed by atoms with E-state index in [1.54, 1.807) is 20.8 Å². The minimum absolute atomic E-state index is 0.175. The molecule has 2 aromatic carbocycles. The number of nitrogens with zero attached hydrogens (tertiary/aromatic N) is 1. The fourth-order valence-corrected chi connectivity index (χ4v) is 4.05. The molecule has 7 heteroatoms. The van der Waals surface area contributed by atoms with Gasteiger partial charge in [-0.3, -0.25) is 14.5 Å². The van der Waals surface area contributed by atoms with Crippen LogP contribution in [-0.4, -0.2) is 41.0 Å². The Kier molecular flexibility index (Phi) is 10.7. The molecule has 2 N–H and O–H groups in total. The summed E-state index contributed by atoms with van der Waals surface area (Å²) in [4.78, 5) is 41.3. The second kappa shape index (κ2) is 13.5. The summed E-state index contributed by atoms with van der Waals surface area (Å²) in [6, 6.07) is 15.3. The van der Waals surface area contributed by atoms with Crippen molar-refractivity contribution in [3.8, 4) is 12.5 Å². The number of terminal acetylenes is 1. The van der Waals surface area contributed by atoms with Crippen LogP contribution < -0.4 is 10.6 Å². The first-order valence-electron chi connectivity index (χ1n) is 12.6. The van der Waals surface area contributed by atoms with E-state index < -0.39 is 29.7 Å². The summed E-state index contributed by atoms with van der Waals surface area (Å²) in [6.45, 7) is 11.5. The van der Waals surface area contributed by atoms with Crippen LogP contribution in [-0.2, 0) is 20.7 Å². The number of carbonyl (C=O) groups excluding carboxylic acids is 3. The van der Waals surface area contributed by atoms with Crippen molar-refractivity contribution in [3.63, 3.8) is 0 Å². The molecular weight excluding hydrogens is 466 g/mol. The first-order valence-corrected chi connectivity index (χ1v) is 12.6. The largest absolute Gasteiger partial charge is 0.444 e. The van der Waals surface area contributed by atoms with E-state index in [1.807, 2.05) is 69.3 Å². The van der Waals surface area contributed by atoms with E-state index in [1.165, 1.54) is 0 Å². The van der Waals surface area contributed by atoms with Crippen molar-refractivity contribution in [1.29, 1.82) is 0 Å². The number of hydrogen-bond donors (Lipinski definition) is 2. The lowest BCUT2D eigenvalue weighted by molar-refractivity contribution is -0.138. The zero-order chi connectivity index (χ0) is 27.6. The maximum Gasteiger partial charge on any atom is 0.408 e. The van der Waals surface area contributed by atoms with Crippen molar-refractivity contribution < 1.29 is 19.1 Å². The van der Waals surface area contributed by atoms with Gasteiger partial charge in [-0.25, -0.2) is 4.79 Å². The number of nitrogens with one attached hydrogen (secondary N) is 2. The average molecular weight is 506 g/mol. The van der Waals surface area contributed by atoms with Gasteiger partial charge in [-0.05, 0) is 63.3 Å². The van der Waals surface area contributed by atoms with Gasteiger partial charge in [0.2, 0.25) is 5.91 Å². The SMILES string of the molecule is C#CN(C(=O)C(Cc1ccccc1)NC(=O)OC(C)(C)C)C(C(=O)NCCCC)c1c(C)cccc1C. The molecule has 198 valence electrons. The van der Waals surface area contributed by atoms with Crippen LogP contribution in [0, 0.1) is 26.3 Å². The third-order valence-corrected chi connectivity index (χ3v) is 5.80. The number of ether oxygens (including phenoxy) is 1. The van der Waals surface area contributed by atoms with Gasteiger partial charge in [0.15, 0.2) is 0 Å². The van der Waals surface area contributed by atoms with Gasteiger partial charge in [-0.15, -0.1) is 0 Å². The lowest BCUT2D eigenvalue weighted by atomic mass is 9.93. The smallest absolute Gasteiger partial charge is 0.408 e. The van der Waals surface area contributed by atoms with Gasteiger partial charge < -0.3 is 15.4 Å². The number of aryl methyl sites for hydroxylation is 2. The standard InChI is InChI=1S/C30H39N3O4/c1-8-10-19-31-27(34)26(25-21(3)15-14-16-22(25)4)33(9-2)28(35)24(20-23-17-12-11-13-18-23)32-29(36)37-30(5,6)7/h2,11-18,24,26H,8,10,19-20H2,1,3-7H3,(H,31,34)(H,32,36). The third-order valence-electron chi connectivity index (χ3n) is 5.80. The molecule has 0 heterocycles. The van der Waals surface area contributed by atoms with E-state index in [9.17, 15) is 14.4 Å². The molecule has 0 saturated heterocycles. The molecule has 0 aliphatic rings. The summed E-state index contributed by atoms with van der Waals surface area (Å²) < 4.78 is 5.41. The maximum atomic E-state index is 14.0. The fraction of sp³-hybridized carbons (Fsp3) is 0.433. The number of hydrogen-bond acceptors (Lipinski definition) is 4. The van der Waals surface area contributed by atoms with Crippen LogP contribution in [0.15, 0.2) is 48.5 Å². The Hall–Kier alpha value is -3.79. The predicted molar refractivity (Wildman–Crippen MR) is 146 cm³/mol. The first kappa shape index (κ1) is 29.4. The van der Waals surface area contributed by atoms with Gasteiger partial charge in [-0.2, -0.15) is 0 Å². The van der Waals surface area contributed by atoms with Gasteiger partial charge >= 0.3 is 6.09 Å². The van der Waals surface area contributed by atoms with Crippen molar-refractivity contribution in [2.24, 2.45) is 0 Å². The molecular formula is C30H39N3O4. The predicted octanol–water partition coefficient (Wildman–Crippen LogP) is 4.82. The number of unbranched alkanes of at least 4 members (excludes halogenated alkanes) is 1. The Morgan fingerprint density at radius 1 is 1.03 bits per heavy atom. The Balaban J connectivity index is 2.51. The molecule has 0 aliphatic carbocycles. The lowest BCUT2D eigenvalue weighted by Crippen LogP contribution is -2.52. The van der Waals surface area contributed by atoms with Crippen LogP contribution in [0.2, 0.25) is 0 Å². The fourth-order valence-electron chi connectivity index (χ4n) is 4.05. The Morgan fingerprint density at radius 2 is 1.65 bits per heavy atom. The van der Waals surface area contributed by atoms with Crippen LogP contribution in [0.5, 0.6) is 0 Å². The molecule has 0 bridgehead atoms. The number of rotatable bonds is 10. The maximum absolute atomic E-state index is 14.0. The summed E-state index contributed by atoms with van der Waals surface area (Å²) in [5, 5.41) is 5.61. The number of amides is 3. The number of alkyl carbamates (subject to hydrolysis) is 1. The molecule has 2 unspecified atom stereocenters. The molecule has 0 aliphatic heterocycles. The lowest BCUT2D eigenvalue weighted by Gasteiger charge is -2.32. The zero-order valence-corrected chi connectivity index (χ0v) is 22.8. The highest BCUT2D eigenvalue weighted by molar-refractivity contribution is 5.93. The second-order valence-corrected chi connectivity index (χ2v) is 10.1. The van der Waals surface area contributed by atoms with Crippen molar-refractivity contribution in [1.82, 2.24) is 15.5 Å². The summed E-state index contributed by atoms with van der Waals surface area (Å²) in [5.41, 5.74) is 2.41. The highest BCUT2D eigenvalue weighted by Gasteiger charge is 2.37. The van der Waals surface area contributed by atoms with E-state index in [4.69, 9.17) is 11.2 Å². The minimum Gasteiger partial charge on any atom is -0.444 e. The normalized spacial score (nSPS) is 12.6. The third kappa shape index (κ3) is 8.68. The van der Waals surface area contributed by atoms with E-state index in [-0.39, 0.29) is 12.3 Å². The Labute approximate surface area is 221 Å². The van der Waals surface area contributed by atoms with Crippen LogP contribution in [0.25, 0.3) is 0 Å². The number of carbonyl (C=O) groups is 3. The van der Waals surface area contributed by atoms with Gasteiger partial charge in [0.1, 0.15) is 17.7 Å². The van der Waals surface area contributed by atoms with Crippen LogP contribution in [0.1, 0.15) is 68.8 Å². The average Bonchev–Trinajstić information content (AvgIpc) is 2.82. The monoisotopic (exact) mass is 505 g/mol. The first-order chi connectivity index (χ1) is 17.5. The molecule has 2 rings (SSSR count). The molecule has 7 nitrogen and oxygen atoms in total. The molecule has 0 aromatic heterocycles. The Bertz CT molecular complexity index is 1100. The van der Waals surface area contributed by atoms with Crippen molar-refractivity contribution in [2.45, 2.75) is 78.5 Å². The van der Waals surface area contributed by atoms with E-state index in [0.717, 1.165) is 34.4 Å². The van der Waals surface area contributed by atoms with Crippen LogP contribution in [0.3, 0.4) is 0 Å². The molecule has 0 saturated carbocycles. The van der Waals surface area contributed by atoms with Gasteiger partial charge in [0.05, 0.1) is 0 Å². The summed E-state index contributed by atoms with van der Waals surface area (Å²) in [5.74, 6) is -0.941. The molecule has 0 spiro atoms. The van der Waals surface area contributed by atoms with Gasteiger partial charge in [0, 0.05) is 19.0 Å². The number of benzene rings is 2. The summed E-state index contributed by atoms with van der Waals surface area (Å²) >= 11 is 0. The molecule has 0 fully saturated rings. The van der Waals surface area contributed by atoms with Gasteiger partial charge in [-0.1, -0.05) is 68.3 Å². The minimum atomic E-state index is -1.06. The molecule has 3 amide bonds. The van der Waals surface area contributed by atoms with Crippen LogP contribution in [0.4, 0.5) is 4.79 Å². The second-order valence-electron chi connectivity index (χ2n) is 10.1.